The van der Waals surface area contributed by atoms with E-state index in [1.165, 1.54) is 12.3 Å². The second kappa shape index (κ2) is 5.59. The minimum absolute atomic E-state index is 0.0745. The molecule has 1 aromatic heterocycles. The Morgan fingerprint density at radius 1 is 1.50 bits per heavy atom. The summed E-state index contributed by atoms with van der Waals surface area (Å²) in [6.45, 7) is 2.71. The van der Waals surface area contributed by atoms with Crippen LogP contribution in [0.25, 0.3) is 0 Å². The minimum Gasteiger partial charge on any atom is -0.495 e. The average molecular weight is 285 g/mol. The van der Waals surface area contributed by atoms with Gasteiger partial charge >= 0.3 is 5.69 Å². The van der Waals surface area contributed by atoms with Crippen molar-refractivity contribution >= 4 is 5.82 Å². The van der Waals surface area contributed by atoms with E-state index in [9.17, 15) is 15.0 Å². The highest BCUT2D eigenvalue weighted by molar-refractivity contribution is 5.36. The lowest BCUT2D eigenvalue weighted by atomic mass is 10.1. The van der Waals surface area contributed by atoms with Crippen LogP contribution in [0.1, 0.15) is 6.23 Å². The fraction of sp³-hybridized carbons (Fsp3) is 0.455. The molecule has 1 fully saturated rings. The number of aliphatic hydroxyl groups is 4. The molecule has 2 rings (SSSR count). The number of nitrogens with zero attached hydrogens (tertiary/aromatic N) is 2. The van der Waals surface area contributed by atoms with Crippen LogP contribution in [-0.4, -0.2) is 54.9 Å². The highest BCUT2D eigenvalue weighted by Gasteiger charge is 2.43. The highest BCUT2D eigenvalue weighted by atomic mass is 16.6. The first-order chi connectivity index (χ1) is 9.43. The predicted molar refractivity (Wildman–Crippen MR) is 66.9 cm³/mol. The van der Waals surface area contributed by atoms with Crippen molar-refractivity contribution in [3.8, 4) is 0 Å². The summed E-state index contributed by atoms with van der Waals surface area (Å²) in [6, 6.07) is 1.36. The van der Waals surface area contributed by atoms with Crippen LogP contribution in [0.4, 0.5) is 5.82 Å². The quantitative estimate of drug-likeness (QED) is 0.413. The van der Waals surface area contributed by atoms with Gasteiger partial charge in [-0.15, -0.1) is 0 Å². The Labute approximate surface area is 113 Å². The van der Waals surface area contributed by atoms with Gasteiger partial charge in [-0.2, -0.15) is 4.98 Å². The van der Waals surface area contributed by atoms with Crippen molar-refractivity contribution in [2.45, 2.75) is 24.5 Å². The maximum atomic E-state index is 11.8. The Morgan fingerprint density at radius 3 is 2.70 bits per heavy atom. The van der Waals surface area contributed by atoms with E-state index >= 15 is 0 Å². The topological polar surface area (TPSA) is 137 Å². The van der Waals surface area contributed by atoms with Crippen molar-refractivity contribution in [2.24, 2.45) is 0 Å². The van der Waals surface area contributed by atoms with Crippen molar-refractivity contribution < 1.29 is 25.2 Å². The Hall–Kier alpha value is -1.94. The van der Waals surface area contributed by atoms with Gasteiger partial charge in [0.1, 0.15) is 24.1 Å². The third-order valence-electron chi connectivity index (χ3n) is 2.89. The zero-order valence-corrected chi connectivity index (χ0v) is 10.4. The predicted octanol–water partition coefficient (Wildman–Crippen LogP) is -1.70. The van der Waals surface area contributed by atoms with E-state index in [2.05, 4.69) is 16.9 Å². The third-order valence-corrected chi connectivity index (χ3v) is 2.89. The van der Waals surface area contributed by atoms with Gasteiger partial charge in [0.2, 0.25) is 0 Å². The van der Waals surface area contributed by atoms with Crippen molar-refractivity contribution in [1.82, 2.24) is 9.55 Å². The number of hydrogen-bond acceptors (Lipinski definition) is 8. The highest BCUT2D eigenvalue weighted by Crippen LogP contribution is 2.28. The molecule has 110 valence electrons. The van der Waals surface area contributed by atoms with E-state index in [1.807, 2.05) is 0 Å². The standard InChI is InChI=1S/C11H15N3O6/c1-5(16)12-7-2-3-14(11(19)13-7)10-9(18)8(17)6(4-15)20-10/h2-3,6,8-10,15-18H,1,4H2,(H,12,13,19)/t6-,8?,9-,10-/m1/s1. The van der Waals surface area contributed by atoms with Gasteiger partial charge in [-0.3, -0.25) is 4.57 Å². The molecule has 0 aliphatic carbocycles. The van der Waals surface area contributed by atoms with E-state index < -0.39 is 36.8 Å². The van der Waals surface area contributed by atoms with Crippen molar-refractivity contribution in [2.75, 3.05) is 11.9 Å². The number of nitrogens with one attached hydrogen (secondary N) is 1. The van der Waals surface area contributed by atoms with E-state index in [0.717, 1.165) is 4.57 Å². The first-order valence-electron chi connectivity index (χ1n) is 5.80. The summed E-state index contributed by atoms with van der Waals surface area (Å²) in [5, 5.41) is 39.7. The molecule has 5 N–H and O–H groups in total. The van der Waals surface area contributed by atoms with Crippen LogP contribution >= 0.6 is 0 Å². The normalized spacial score (nSPS) is 29.4. The van der Waals surface area contributed by atoms with Crippen molar-refractivity contribution in [1.29, 1.82) is 0 Å². The molecule has 4 atom stereocenters. The summed E-state index contributed by atoms with van der Waals surface area (Å²) in [6.07, 6.45) is -3.50. The summed E-state index contributed by atoms with van der Waals surface area (Å²) in [7, 11) is 0. The van der Waals surface area contributed by atoms with Gasteiger partial charge in [0.15, 0.2) is 12.1 Å². The molecule has 0 aromatic carbocycles. The molecule has 1 aromatic rings. The molecule has 1 saturated heterocycles. The lowest BCUT2D eigenvalue weighted by molar-refractivity contribution is -0.0549. The molecular formula is C11H15N3O6. The third kappa shape index (κ3) is 2.65. The molecule has 1 unspecified atom stereocenters. The molecule has 9 nitrogen and oxygen atoms in total. The molecule has 0 bridgehead atoms. The SMILES string of the molecule is C=C(O)Nc1ccn([C@@H]2O[C@H](CO)C(O)[C@H]2O)c(=O)n1. The zero-order chi connectivity index (χ0) is 14.9. The van der Waals surface area contributed by atoms with Crippen LogP contribution in [0.5, 0.6) is 0 Å². The van der Waals surface area contributed by atoms with Gasteiger partial charge in [-0.25, -0.2) is 4.79 Å². The monoisotopic (exact) mass is 285 g/mol. The van der Waals surface area contributed by atoms with Crippen LogP contribution < -0.4 is 11.0 Å². The molecule has 20 heavy (non-hydrogen) atoms. The second-order valence-corrected chi connectivity index (χ2v) is 4.30. The van der Waals surface area contributed by atoms with Gasteiger partial charge in [-0.1, -0.05) is 0 Å². The molecule has 1 aliphatic rings. The van der Waals surface area contributed by atoms with Crippen LogP contribution in [0.2, 0.25) is 0 Å². The molecule has 0 spiro atoms. The van der Waals surface area contributed by atoms with Crippen molar-refractivity contribution in [3.05, 3.63) is 35.2 Å². The van der Waals surface area contributed by atoms with Gasteiger partial charge in [0.05, 0.1) is 6.61 Å². The van der Waals surface area contributed by atoms with Crippen LogP contribution in [0, 0.1) is 0 Å². The number of hydrogen-bond donors (Lipinski definition) is 5. The second-order valence-electron chi connectivity index (χ2n) is 4.30. The van der Waals surface area contributed by atoms with Crippen LogP contribution in [0.3, 0.4) is 0 Å². The van der Waals surface area contributed by atoms with E-state index in [1.54, 1.807) is 0 Å². The first-order valence-corrected chi connectivity index (χ1v) is 5.80. The van der Waals surface area contributed by atoms with Crippen molar-refractivity contribution in [3.63, 3.8) is 0 Å². The number of aromatic nitrogens is 2. The molecule has 0 amide bonds. The van der Waals surface area contributed by atoms with Gasteiger partial charge in [0, 0.05) is 6.20 Å². The van der Waals surface area contributed by atoms with Gasteiger partial charge in [0.25, 0.3) is 0 Å². The van der Waals surface area contributed by atoms with Gasteiger partial charge < -0.3 is 30.5 Å². The molecule has 0 radical (unpaired) electrons. The van der Waals surface area contributed by atoms with E-state index in [0.29, 0.717) is 0 Å². The van der Waals surface area contributed by atoms with E-state index in [4.69, 9.17) is 14.9 Å². The molecule has 1 aliphatic heterocycles. The molecular weight excluding hydrogens is 270 g/mol. The lowest BCUT2D eigenvalue weighted by Crippen LogP contribution is -2.36. The average Bonchev–Trinajstić information content (AvgIpc) is 2.66. The Bertz CT molecular complexity index is 559. The summed E-state index contributed by atoms with van der Waals surface area (Å²) in [5.41, 5.74) is -0.758. The Kier molecular flexibility index (Phi) is 4.04. The molecule has 2 heterocycles. The number of aliphatic hydroxyl groups excluding tert-OH is 4. The number of rotatable bonds is 4. The summed E-state index contributed by atoms with van der Waals surface area (Å²) in [4.78, 5) is 15.4. The maximum absolute atomic E-state index is 11.8. The van der Waals surface area contributed by atoms with Crippen LogP contribution in [-0.2, 0) is 4.74 Å². The Morgan fingerprint density at radius 2 is 2.20 bits per heavy atom. The largest absolute Gasteiger partial charge is 0.495 e. The number of ether oxygens (including phenoxy) is 1. The summed E-state index contributed by atoms with van der Waals surface area (Å²) < 4.78 is 6.19. The maximum Gasteiger partial charge on any atom is 0.351 e. The zero-order valence-electron chi connectivity index (χ0n) is 10.4. The Balaban J connectivity index is 2.26. The summed E-state index contributed by atoms with van der Waals surface area (Å²) in [5.74, 6) is -0.298. The fourth-order valence-electron chi connectivity index (χ4n) is 1.93. The first kappa shape index (κ1) is 14.5. The lowest BCUT2D eigenvalue weighted by Gasteiger charge is -2.17. The van der Waals surface area contributed by atoms with Gasteiger partial charge in [-0.05, 0) is 12.6 Å². The smallest absolute Gasteiger partial charge is 0.351 e. The minimum atomic E-state index is -1.36. The van der Waals surface area contributed by atoms with E-state index in [-0.39, 0.29) is 11.7 Å². The molecule has 9 heteroatoms. The summed E-state index contributed by atoms with van der Waals surface area (Å²) >= 11 is 0. The van der Waals surface area contributed by atoms with Crippen LogP contribution in [0.15, 0.2) is 29.5 Å². The molecule has 0 saturated carbocycles. The number of anilines is 1. The fourth-order valence-corrected chi connectivity index (χ4v) is 1.93.